The van der Waals surface area contributed by atoms with E-state index in [1.54, 1.807) is 0 Å². The fraction of sp³-hybridized carbons (Fsp3) is 0.625. The molecule has 0 bridgehead atoms. The molecule has 0 atom stereocenters. The topological polar surface area (TPSA) is 24.5 Å². The molecule has 0 radical (unpaired) electrons. The Bertz CT molecular complexity index is 437. The van der Waals surface area contributed by atoms with Gasteiger partial charge in [0.2, 0.25) is 0 Å². The summed E-state index contributed by atoms with van der Waals surface area (Å²) >= 11 is 7.25. The number of rotatable bonds is 9. The number of likely N-dealkylation sites (N-methyl/N-ethyl adjacent to an activating group) is 1. The molecule has 0 spiro atoms. The minimum Gasteiger partial charge on any atom is -0.490 e. The Morgan fingerprint density at radius 3 is 2.33 bits per heavy atom. The highest BCUT2D eigenvalue weighted by molar-refractivity contribution is 9.11. The van der Waals surface area contributed by atoms with E-state index in [0.717, 1.165) is 46.9 Å². The van der Waals surface area contributed by atoms with Crippen LogP contribution in [0.2, 0.25) is 0 Å². The minimum absolute atomic E-state index is 0.707. The van der Waals surface area contributed by atoms with Crippen LogP contribution in [0.1, 0.15) is 32.3 Å². The summed E-state index contributed by atoms with van der Waals surface area (Å²) in [5.41, 5.74) is 1.27. The number of hydrogen-bond acceptors (Lipinski definition) is 3. The van der Waals surface area contributed by atoms with Crippen molar-refractivity contribution in [2.45, 2.75) is 39.3 Å². The smallest absolute Gasteiger partial charge is 0.147 e. The molecule has 0 amide bonds. The van der Waals surface area contributed by atoms with Crippen molar-refractivity contribution >= 4 is 31.9 Å². The third-order valence-corrected chi connectivity index (χ3v) is 4.96. The third kappa shape index (κ3) is 5.55. The number of hydrogen-bond donors (Lipinski definition) is 1. The maximum absolute atomic E-state index is 5.94. The summed E-state index contributed by atoms with van der Waals surface area (Å²) in [6.45, 7) is 9.06. The van der Waals surface area contributed by atoms with E-state index in [1.165, 1.54) is 18.4 Å². The van der Waals surface area contributed by atoms with Crippen LogP contribution in [0.4, 0.5) is 0 Å². The van der Waals surface area contributed by atoms with Crippen molar-refractivity contribution in [3.63, 3.8) is 0 Å². The molecule has 0 heterocycles. The first-order chi connectivity index (χ1) is 10.1. The largest absolute Gasteiger partial charge is 0.490 e. The van der Waals surface area contributed by atoms with Crippen LogP contribution in [-0.4, -0.2) is 37.2 Å². The molecule has 1 aliphatic rings. The Balaban J connectivity index is 1.89. The predicted molar refractivity (Wildman–Crippen MR) is 95.0 cm³/mol. The third-order valence-electron chi connectivity index (χ3n) is 3.78. The lowest BCUT2D eigenvalue weighted by molar-refractivity contribution is 0.221. The number of nitrogens with zero attached hydrogens (tertiary/aromatic N) is 1. The van der Waals surface area contributed by atoms with Crippen molar-refractivity contribution in [2.75, 3.05) is 26.2 Å². The highest BCUT2D eigenvalue weighted by Crippen LogP contribution is 2.35. The molecule has 1 fully saturated rings. The lowest BCUT2D eigenvalue weighted by Gasteiger charge is -2.19. The van der Waals surface area contributed by atoms with Crippen molar-refractivity contribution < 1.29 is 4.74 Å². The van der Waals surface area contributed by atoms with Gasteiger partial charge in [-0.2, -0.15) is 0 Å². The molecular formula is C16H24Br2N2O. The van der Waals surface area contributed by atoms with E-state index in [1.807, 2.05) is 0 Å². The molecule has 1 saturated carbocycles. The van der Waals surface area contributed by atoms with Gasteiger partial charge in [0, 0.05) is 19.1 Å². The van der Waals surface area contributed by atoms with Gasteiger partial charge in [-0.05, 0) is 75.5 Å². The van der Waals surface area contributed by atoms with Crippen LogP contribution in [0.3, 0.4) is 0 Å². The Morgan fingerprint density at radius 2 is 1.81 bits per heavy atom. The van der Waals surface area contributed by atoms with Crippen molar-refractivity contribution in [3.05, 3.63) is 26.6 Å². The van der Waals surface area contributed by atoms with E-state index in [2.05, 4.69) is 68.1 Å². The van der Waals surface area contributed by atoms with Crippen molar-refractivity contribution in [1.29, 1.82) is 0 Å². The molecule has 2 rings (SSSR count). The number of ether oxygens (including phenoxy) is 1. The van der Waals surface area contributed by atoms with Crippen LogP contribution in [0.15, 0.2) is 21.1 Å². The number of benzene rings is 1. The quantitative estimate of drug-likeness (QED) is 0.649. The highest BCUT2D eigenvalue weighted by atomic mass is 79.9. The standard InChI is InChI=1S/C16H24Br2N2O/c1-3-20(4-2)7-8-21-16-14(17)9-12(10-15(16)18)11-19-13-5-6-13/h9-10,13,19H,3-8,11H2,1-2H3. The second-order valence-electron chi connectivity index (χ2n) is 5.42. The van der Waals surface area contributed by atoms with E-state index < -0.39 is 0 Å². The molecular weight excluding hydrogens is 396 g/mol. The van der Waals surface area contributed by atoms with Crippen LogP contribution >= 0.6 is 31.9 Å². The van der Waals surface area contributed by atoms with Crippen LogP contribution in [0.25, 0.3) is 0 Å². The monoisotopic (exact) mass is 418 g/mol. The fourth-order valence-electron chi connectivity index (χ4n) is 2.22. The summed E-state index contributed by atoms with van der Waals surface area (Å²) in [5, 5.41) is 3.53. The molecule has 1 N–H and O–H groups in total. The number of nitrogens with one attached hydrogen (secondary N) is 1. The van der Waals surface area contributed by atoms with Gasteiger partial charge in [0.05, 0.1) is 8.95 Å². The van der Waals surface area contributed by atoms with E-state index in [0.29, 0.717) is 6.61 Å². The van der Waals surface area contributed by atoms with Crippen LogP contribution in [0.5, 0.6) is 5.75 Å². The Labute approximate surface area is 144 Å². The fourth-order valence-corrected chi connectivity index (χ4v) is 3.73. The van der Waals surface area contributed by atoms with Gasteiger partial charge in [0.15, 0.2) is 0 Å². The average Bonchev–Trinajstić information content (AvgIpc) is 3.28. The summed E-state index contributed by atoms with van der Waals surface area (Å²) < 4.78 is 7.97. The molecule has 1 aromatic carbocycles. The normalized spacial score (nSPS) is 14.7. The molecule has 0 aliphatic heterocycles. The minimum atomic E-state index is 0.707. The number of halogens is 2. The Kier molecular flexibility index (Phi) is 6.99. The maximum Gasteiger partial charge on any atom is 0.147 e. The lowest BCUT2D eigenvalue weighted by Crippen LogP contribution is -2.28. The highest BCUT2D eigenvalue weighted by Gasteiger charge is 2.20. The summed E-state index contributed by atoms with van der Waals surface area (Å²) in [6, 6.07) is 5.02. The van der Waals surface area contributed by atoms with Gasteiger partial charge in [-0.25, -0.2) is 0 Å². The molecule has 0 unspecified atom stereocenters. The second kappa shape index (κ2) is 8.51. The van der Waals surface area contributed by atoms with Gasteiger partial charge >= 0.3 is 0 Å². The van der Waals surface area contributed by atoms with Crippen molar-refractivity contribution in [3.8, 4) is 5.75 Å². The van der Waals surface area contributed by atoms with E-state index in [9.17, 15) is 0 Å². The summed E-state index contributed by atoms with van der Waals surface area (Å²) in [4.78, 5) is 2.36. The van der Waals surface area contributed by atoms with E-state index in [4.69, 9.17) is 4.74 Å². The van der Waals surface area contributed by atoms with Gasteiger partial charge in [0.25, 0.3) is 0 Å². The average molecular weight is 420 g/mol. The zero-order valence-electron chi connectivity index (χ0n) is 12.8. The van der Waals surface area contributed by atoms with Crippen LogP contribution in [-0.2, 0) is 6.54 Å². The summed E-state index contributed by atoms with van der Waals surface area (Å²) in [6.07, 6.45) is 2.63. The lowest BCUT2D eigenvalue weighted by atomic mass is 10.2. The Morgan fingerprint density at radius 1 is 1.19 bits per heavy atom. The molecule has 21 heavy (non-hydrogen) atoms. The van der Waals surface area contributed by atoms with E-state index in [-0.39, 0.29) is 0 Å². The zero-order chi connectivity index (χ0) is 15.2. The molecule has 3 nitrogen and oxygen atoms in total. The molecule has 0 aromatic heterocycles. The van der Waals surface area contributed by atoms with Gasteiger partial charge in [-0.3, -0.25) is 0 Å². The maximum atomic E-state index is 5.94. The van der Waals surface area contributed by atoms with Gasteiger partial charge in [-0.15, -0.1) is 0 Å². The van der Waals surface area contributed by atoms with Gasteiger partial charge < -0.3 is 15.0 Å². The van der Waals surface area contributed by atoms with Gasteiger partial charge in [0.1, 0.15) is 12.4 Å². The summed E-state index contributed by atoms with van der Waals surface area (Å²) in [7, 11) is 0. The summed E-state index contributed by atoms with van der Waals surface area (Å²) in [5.74, 6) is 0.900. The molecule has 1 aliphatic carbocycles. The predicted octanol–water partition coefficient (Wildman–Crippen LogP) is 4.18. The van der Waals surface area contributed by atoms with Gasteiger partial charge in [-0.1, -0.05) is 13.8 Å². The molecule has 5 heteroatoms. The molecule has 1 aromatic rings. The Hall–Kier alpha value is -0.100. The van der Waals surface area contributed by atoms with E-state index >= 15 is 0 Å². The van der Waals surface area contributed by atoms with Crippen molar-refractivity contribution in [1.82, 2.24) is 10.2 Å². The van der Waals surface area contributed by atoms with Crippen LogP contribution < -0.4 is 10.1 Å². The molecule has 0 saturated heterocycles. The first kappa shape index (κ1) is 17.3. The second-order valence-corrected chi connectivity index (χ2v) is 7.13. The molecule has 118 valence electrons. The first-order valence-electron chi connectivity index (χ1n) is 7.70. The SMILES string of the molecule is CCN(CC)CCOc1c(Br)cc(CNC2CC2)cc1Br. The zero-order valence-corrected chi connectivity index (χ0v) is 16.0. The first-order valence-corrected chi connectivity index (χ1v) is 9.29. The van der Waals surface area contributed by atoms with Crippen molar-refractivity contribution in [2.24, 2.45) is 0 Å². The van der Waals surface area contributed by atoms with Crippen LogP contribution in [0, 0.1) is 0 Å².